The van der Waals surface area contributed by atoms with Gasteiger partial charge in [-0.25, -0.2) is 8.42 Å². The highest BCUT2D eigenvalue weighted by molar-refractivity contribution is 7.89. The third kappa shape index (κ3) is 5.05. The molecule has 0 radical (unpaired) electrons. The SMILES string of the molecule is C=C1CN(S(=O)(=O)c2ccc(C)cc2)[C@@H](c2ccc(C)cc2C)[C@@H]1C(=O)N(c1ccccc1)c1ccccc1. The summed E-state index contributed by atoms with van der Waals surface area (Å²) in [4.78, 5) is 16.5. The Morgan fingerprint density at radius 3 is 1.87 bits per heavy atom. The van der Waals surface area contributed by atoms with Crippen LogP contribution in [0.3, 0.4) is 0 Å². The average Bonchev–Trinajstić information content (AvgIpc) is 3.28. The Morgan fingerprint density at radius 1 is 0.795 bits per heavy atom. The monoisotopic (exact) mass is 536 g/mol. The number of hydrogen-bond acceptors (Lipinski definition) is 3. The molecule has 0 saturated carbocycles. The molecule has 1 fully saturated rings. The minimum atomic E-state index is -3.93. The van der Waals surface area contributed by atoms with Crippen molar-refractivity contribution in [3.05, 3.63) is 138 Å². The van der Waals surface area contributed by atoms with Crippen molar-refractivity contribution in [2.24, 2.45) is 5.92 Å². The van der Waals surface area contributed by atoms with Crippen LogP contribution in [0.4, 0.5) is 11.4 Å². The van der Waals surface area contributed by atoms with Crippen LogP contribution < -0.4 is 4.90 Å². The Bertz CT molecular complexity index is 1580. The maximum absolute atomic E-state index is 14.6. The molecule has 2 atom stereocenters. The molecule has 4 aromatic carbocycles. The van der Waals surface area contributed by atoms with Crippen molar-refractivity contribution in [3.8, 4) is 0 Å². The highest BCUT2D eigenvalue weighted by Gasteiger charge is 2.49. The molecule has 1 saturated heterocycles. The van der Waals surface area contributed by atoms with E-state index in [0.717, 1.165) is 22.3 Å². The second-order valence-electron chi connectivity index (χ2n) is 10.1. The molecular weight excluding hydrogens is 504 g/mol. The molecule has 1 aliphatic heterocycles. The molecular formula is C33H32N2O3S. The van der Waals surface area contributed by atoms with E-state index in [1.54, 1.807) is 29.2 Å². The zero-order chi connectivity index (χ0) is 27.7. The van der Waals surface area contributed by atoms with E-state index in [1.807, 2.05) is 99.6 Å². The van der Waals surface area contributed by atoms with E-state index in [9.17, 15) is 13.2 Å². The average molecular weight is 537 g/mol. The van der Waals surface area contributed by atoms with E-state index in [0.29, 0.717) is 16.9 Å². The third-order valence-electron chi connectivity index (χ3n) is 7.31. The van der Waals surface area contributed by atoms with Crippen molar-refractivity contribution in [2.75, 3.05) is 11.4 Å². The van der Waals surface area contributed by atoms with Gasteiger partial charge >= 0.3 is 0 Å². The maximum atomic E-state index is 14.6. The van der Waals surface area contributed by atoms with Crippen LogP contribution in [-0.2, 0) is 14.8 Å². The number of benzene rings is 4. The summed E-state index contributed by atoms with van der Waals surface area (Å²) >= 11 is 0. The van der Waals surface area contributed by atoms with Crippen LogP contribution in [-0.4, -0.2) is 25.2 Å². The summed E-state index contributed by atoms with van der Waals surface area (Å²) in [7, 11) is -3.93. The van der Waals surface area contributed by atoms with Crippen LogP contribution in [0.2, 0.25) is 0 Å². The molecule has 0 aliphatic carbocycles. The summed E-state index contributed by atoms with van der Waals surface area (Å²) < 4.78 is 29.6. The van der Waals surface area contributed by atoms with Gasteiger partial charge < -0.3 is 0 Å². The first-order valence-electron chi connectivity index (χ1n) is 13.0. The Morgan fingerprint density at radius 2 is 1.33 bits per heavy atom. The summed E-state index contributed by atoms with van der Waals surface area (Å²) in [6, 6.07) is 30.9. The fourth-order valence-electron chi connectivity index (χ4n) is 5.37. The number of carbonyl (C=O) groups is 1. The molecule has 5 nitrogen and oxygen atoms in total. The minimum Gasteiger partial charge on any atom is -0.280 e. The minimum absolute atomic E-state index is 0.0576. The largest absolute Gasteiger partial charge is 0.280 e. The smallest absolute Gasteiger partial charge is 0.243 e. The predicted octanol–water partition coefficient (Wildman–Crippen LogP) is 6.89. The fraction of sp³-hybridized carbons (Fsp3) is 0.182. The molecule has 0 spiro atoms. The topological polar surface area (TPSA) is 57.7 Å². The van der Waals surface area contributed by atoms with E-state index in [1.165, 1.54) is 4.31 Å². The molecule has 39 heavy (non-hydrogen) atoms. The van der Waals surface area contributed by atoms with Crippen molar-refractivity contribution in [2.45, 2.75) is 31.7 Å². The molecule has 0 unspecified atom stereocenters. The van der Waals surface area contributed by atoms with Crippen molar-refractivity contribution >= 4 is 27.3 Å². The van der Waals surface area contributed by atoms with Crippen LogP contribution in [0.25, 0.3) is 0 Å². The van der Waals surface area contributed by atoms with Gasteiger partial charge in [0.1, 0.15) is 0 Å². The van der Waals surface area contributed by atoms with E-state index in [2.05, 4.69) is 6.58 Å². The van der Waals surface area contributed by atoms with Gasteiger partial charge in [-0.1, -0.05) is 84.4 Å². The lowest BCUT2D eigenvalue weighted by atomic mass is 9.87. The second kappa shape index (κ2) is 10.6. The van der Waals surface area contributed by atoms with Crippen LogP contribution in [0.5, 0.6) is 0 Å². The van der Waals surface area contributed by atoms with Crippen molar-refractivity contribution in [1.29, 1.82) is 0 Å². The first-order chi connectivity index (χ1) is 18.7. The van der Waals surface area contributed by atoms with Gasteiger partial charge in [0, 0.05) is 17.9 Å². The number of sulfonamides is 1. The molecule has 1 amide bonds. The van der Waals surface area contributed by atoms with Gasteiger partial charge in [-0.2, -0.15) is 4.31 Å². The summed E-state index contributed by atoms with van der Waals surface area (Å²) in [6.07, 6.45) is 0. The summed E-state index contributed by atoms with van der Waals surface area (Å²) in [5.74, 6) is -1.00. The summed E-state index contributed by atoms with van der Waals surface area (Å²) in [5, 5.41) is 0. The van der Waals surface area contributed by atoms with Gasteiger partial charge in [-0.05, 0) is 73.9 Å². The Kier molecular flexibility index (Phi) is 7.25. The van der Waals surface area contributed by atoms with E-state index in [4.69, 9.17) is 0 Å². The summed E-state index contributed by atoms with van der Waals surface area (Å²) in [6.45, 7) is 10.2. The molecule has 0 N–H and O–H groups in total. The van der Waals surface area contributed by atoms with Crippen molar-refractivity contribution < 1.29 is 13.2 Å². The van der Waals surface area contributed by atoms with Gasteiger partial charge in [0.2, 0.25) is 15.9 Å². The number of hydrogen-bond donors (Lipinski definition) is 0. The van der Waals surface area contributed by atoms with E-state index in [-0.39, 0.29) is 17.3 Å². The molecule has 0 aromatic heterocycles. The lowest BCUT2D eigenvalue weighted by Gasteiger charge is -2.32. The standard InChI is InChI=1S/C33H32N2O3S/c1-23-15-18-29(19-16-23)39(37,38)34-22-26(4)31(32(34)30-20-17-24(2)21-25(30)3)33(36)35(27-11-7-5-8-12-27)28-13-9-6-10-14-28/h5-21,31-32H,4,22H2,1-3H3/t31-,32+/m1/s1. The Labute approximate surface area is 231 Å². The van der Waals surface area contributed by atoms with Crippen LogP contribution in [0.15, 0.2) is 120 Å². The number of nitrogens with zero attached hydrogens (tertiary/aromatic N) is 2. The normalized spacial score (nSPS) is 17.8. The zero-order valence-corrected chi connectivity index (χ0v) is 23.2. The van der Waals surface area contributed by atoms with Crippen molar-refractivity contribution in [3.63, 3.8) is 0 Å². The van der Waals surface area contributed by atoms with Crippen molar-refractivity contribution in [1.82, 2.24) is 4.31 Å². The molecule has 4 aromatic rings. The van der Waals surface area contributed by atoms with Gasteiger partial charge in [0.05, 0.1) is 16.9 Å². The number of rotatable bonds is 6. The molecule has 5 rings (SSSR count). The molecule has 6 heteroatoms. The van der Waals surface area contributed by atoms with Gasteiger partial charge in [-0.15, -0.1) is 0 Å². The Hall–Kier alpha value is -4.00. The number of carbonyl (C=O) groups excluding carboxylic acids is 1. The van der Waals surface area contributed by atoms with Gasteiger partial charge in [-0.3, -0.25) is 9.69 Å². The maximum Gasteiger partial charge on any atom is 0.243 e. The molecule has 1 aliphatic rings. The zero-order valence-electron chi connectivity index (χ0n) is 22.4. The molecule has 0 bridgehead atoms. The second-order valence-corrected chi connectivity index (χ2v) is 12.0. The summed E-state index contributed by atoms with van der Waals surface area (Å²) in [5.41, 5.74) is 5.76. The highest BCUT2D eigenvalue weighted by atomic mass is 32.2. The number of aryl methyl sites for hydroxylation is 3. The van der Waals surface area contributed by atoms with Gasteiger partial charge in [0.15, 0.2) is 0 Å². The third-order valence-corrected chi connectivity index (χ3v) is 9.15. The lowest BCUT2D eigenvalue weighted by molar-refractivity contribution is -0.121. The van der Waals surface area contributed by atoms with Gasteiger partial charge in [0.25, 0.3) is 0 Å². The number of amides is 1. The number of para-hydroxylation sites is 2. The van der Waals surface area contributed by atoms with E-state index >= 15 is 0 Å². The lowest BCUT2D eigenvalue weighted by Crippen LogP contribution is -2.38. The van der Waals surface area contributed by atoms with Crippen LogP contribution in [0.1, 0.15) is 28.3 Å². The molecule has 1 heterocycles. The first-order valence-corrected chi connectivity index (χ1v) is 14.4. The quantitative estimate of drug-likeness (QED) is 0.252. The van der Waals surface area contributed by atoms with E-state index < -0.39 is 22.0 Å². The molecule has 198 valence electrons. The predicted molar refractivity (Wildman–Crippen MR) is 156 cm³/mol. The fourth-order valence-corrected chi connectivity index (χ4v) is 6.99. The highest BCUT2D eigenvalue weighted by Crippen LogP contribution is 2.46. The number of anilines is 2. The Balaban J connectivity index is 1.67. The van der Waals surface area contributed by atoms with Crippen LogP contribution >= 0.6 is 0 Å². The first kappa shape index (κ1) is 26.6. The van der Waals surface area contributed by atoms with Crippen LogP contribution in [0, 0.1) is 26.7 Å².